The van der Waals surface area contributed by atoms with Crippen LogP contribution >= 0.6 is 0 Å². The SMILES string of the molecule is CCc1nccn1CC1CCN(C(=O)CCc2c(C)noc2C)CC1. The van der Waals surface area contributed by atoms with Crippen LogP contribution in [0.5, 0.6) is 0 Å². The summed E-state index contributed by atoms with van der Waals surface area (Å²) >= 11 is 0. The smallest absolute Gasteiger partial charge is 0.222 e. The van der Waals surface area contributed by atoms with Crippen LogP contribution in [-0.4, -0.2) is 38.6 Å². The number of hydrogen-bond acceptors (Lipinski definition) is 4. The van der Waals surface area contributed by atoms with Gasteiger partial charge in [0.25, 0.3) is 0 Å². The Labute approximate surface area is 149 Å². The number of rotatable bonds is 6. The van der Waals surface area contributed by atoms with Crippen LogP contribution in [0, 0.1) is 19.8 Å². The molecule has 0 unspecified atom stereocenters. The molecule has 0 aliphatic carbocycles. The summed E-state index contributed by atoms with van der Waals surface area (Å²) in [5.74, 6) is 2.86. The minimum atomic E-state index is 0.246. The largest absolute Gasteiger partial charge is 0.361 e. The molecule has 3 rings (SSSR count). The highest BCUT2D eigenvalue weighted by atomic mass is 16.5. The molecule has 0 bridgehead atoms. The maximum Gasteiger partial charge on any atom is 0.222 e. The van der Waals surface area contributed by atoms with E-state index in [-0.39, 0.29) is 5.91 Å². The minimum Gasteiger partial charge on any atom is -0.361 e. The van der Waals surface area contributed by atoms with E-state index in [9.17, 15) is 4.79 Å². The molecular formula is C19H28N4O2. The van der Waals surface area contributed by atoms with Gasteiger partial charge >= 0.3 is 0 Å². The van der Waals surface area contributed by atoms with Crippen molar-refractivity contribution >= 4 is 5.91 Å². The molecule has 1 aliphatic heterocycles. The summed E-state index contributed by atoms with van der Waals surface area (Å²) in [5.41, 5.74) is 1.98. The highest BCUT2D eigenvalue weighted by Gasteiger charge is 2.23. The van der Waals surface area contributed by atoms with Crippen LogP contribution in [0.4, 0.5) is 0 Å². The standard InChI is InChI=1S/C19H28N4O2/c1-4-18-20-9-12-23(18)13-16-7-10-22(11-8-16)19(24)6-5-17-14(2)21-25-15(17)3/h9,12,16H,4-8,10-11,13H2,1-3H3. The lowest BCUT2D eigenvalue weighted by Gasteiger charge is -2.32. The van der Waals surface area contributed by atoms with Gasteiger partial charge in [0.2, 0.25) is 5.91 Å². The van der Waals surface area contributed by atoms with Crippen molar-refractivity contribution in [1.82, 2.24) is 19.6 Å². The summed E-state index contributed by atoms with van der Waals surface area (Å²) < 4.78 is 7.44. The summed E-state index contributed by atoms with van der Waals surface area (Å²) in [4.78, 5) is 18.9. The summed E-state index contributed by atoms with van der Waals surface area (Å²) in [6.45, 7) is 8.72. The molecule has 2 aromatic heterocycles. The molecule has 0 spiro atoms. The van der Waals surface area contributed by atoms with Gasteiger partial charge in [-0.1, -0.05) is 12.1 Å². The van der Waals surface area contributed by atoms with E-state index in [2.05, 4.69) is 27.8 Å². The second-order valence-electron chi connectivity index (χ2n) is 6.98. The number of aromatic nitrogens is 3. The first-order valence-electron chi connectivity index (χ1n) is 9.28. The number of nitrogens with zero attached hydrogens (tertiary/aromatic N) is 4. The van der Waals surface area contributed by atoms with Gasteiger partial charge in [0.15, 0.2) is 0 Å². The minimum absolute atomic E-state index is 0.246. The number of likely N-dealkylation sites (tertiary alicyclic amines) is 1. The second kappa shape index (κ2) is 7.85. The Morgan fingerprint density at radius 1 is 1.32 bits per heavy atom. The zero-order valence-corrected chi connectivity index (χ0v) is 15.5. The molecule has 136 valence electrons. The molecule has 0 atom stereocenters. The fraction of sp³-hybridized carbons (Fsp3) is 0.632. The van der Waals surface area contributed by atoms with Crippen LogP contribution in [0.1, 0.15) is 49.0 Å². The van der Waals surface area contributed by atoms with Crippen molar-refractivity contribution in [3.63, 3.8) is 0 Å². The highest BCUT2D eigenvalue weighted by molar-refractivity contribution is 5.76. The Morgan fingerprint density at radius 3 is 2.72 bits per heavy atom. The first kappa shape index (κ1) is 17.7. The molecule has 1 fully saturated rings. The van der Waals surface area contributed by atoms with Crippen molar-refractivity contribution in [2.75, 3.05) is 13.1 Å². The van der Waals surface area contributed by atoms with Gasteiger partial charge in [-0.15, -0.1) is 0 Å². The Balaban J connectivity index is 1.46. The maximum atomic E-state index is 12.5. The molecular weight excluding hydrogens is 316 g/mol. The average Bonchev–Trinajstić information content (AvgIpc) is 3.20. The topological polar surface area (TPSA) is 64.2 Å². The second-order valence-corrected chi connectivity index (χ2v) is 6.98. The molecule has 2 aromatic rings. The van der Waals surface area contributed by atoms with Crippen molar-refractivity contribution in [2.45, 2.75) is 59.4 Å². The summed E-state index contributed by atoms with van der Waals surface area (Å²) in [5, 5.41) is 3.96. The van der Waals surface area contributed by atoms with E-state index in [1.165, 1.54) is 0 Å². The third-order valence-corrected chi connectivity index (χ3v) is 5.31. The van der Waals surface area contributed by atoms with E-state index >= 15 is 0 Å². The predicted octanol–water partition coefficient (Wildman–Crippen LogP) is 2.92. The van der Waals surface area contributed by atoms with Crippen molar-refractivity contribution in [3.05, 3.63) is 35.2 Å². The maximum absolute atomic E-state index is 12.5. The van der Waals surface area contributed by atoms with Crippen LogP contribution in [0.2, 0.25) is 0 Å². The quantitative estimate of drug-likeness (QED) is 0.808. The van der Waals surface area contributed by atoms with Gasteiger partial charge in [-0.3, -0.25) is 4.79 Å². The van der Waals surface area contributed by atoms with Crippen LogP contribution < -0.4 is 0 Å². The first-order chi connectivity index (χ1) is 12.1. The lowest BCUT2D eigenvalue weighted by atomic mass is 9.96. The molecule has 0 saturated carbocycles. The van der Waals surface area contributed by atoms with E-state index < -0.39 is 0 Å². The Kier molecular flexibility index (Phi) is 5.56. The zero-order chi connectivity index (χ0) is 17.8. The lowest BCUT2D eigenvalue weighted by Crippen LogP contribution is -2.39. The van der Waals surface area contributed by atoms with E-state index in [1.807, 2.05) is 24.9 Å². The molecule has 6 heteroatoms. The zero-order valence-electron chi connectivity index (χ0n) is 15.5. The van der Waals surface area contributed by atoms with Crippen LogP contribution in [-0.2, 0) is 24.2 Å². The Bertz CT molecular complexity index is 691. The number of carbonyl (C=O) groups is 1. The molecule has 0 aromatic carbocycles. The number of piperidine rings is 1. The number of imidazole rings is 1. The van der Waals surface area contributed by atoms with Crippen molar-refractivity contribution in [1.29, 1.82) is 0 Å². The predicted molar refractivity (Wildman–Crippen MR) is 95.2 cm³/mol. The fourth-order valence-corrected chi connectivity index (χ4v) is 3.71. The molecule has 0 radical (unpaired) electrons. The lowest BCUT2D eigenvalue weighted by molar-refractivity contribution is -0.132. The number of carbonyl (C=O) groups excluding carboxylic acids is 1. The third kappa shape index (κ3) is 4.11. The van der Waals surface area contributed by atoms with Gasteiger partial charge in [0.1, 0.15) is 11.6 Å². The van der Waals surface area contributed by atoms with Gasteiger partial charge in [-0.2, -0.15) is 0 Å². The Hall–Kier alpha value is -2.11. The summed E-state index contributed by atoms with van der Waals surface area (Å²) in [7, 11) is 0. The summed E-state index contributed by atoms with van der Waals surface area (Å²) in [6, 6.07) is 0. The van der Waals surface area contributed by atoms with E-state index in [0.717, 1.165) is 68.2 Å². The van der Waals surface area contributed by atoms with Crippen LogP contribution in [0.15, 0.2) is 16.9 Å². The number of aryl methyl sites for hydroxylation is 3. The van der Waals surface area contributed by atoms with Crippen LogP contribution in [0.25, 0.3) is 0 Å². The molecule has 1 aliphatic rings. The van der Waals surface area contributed by atoms with E-state index in [4.69, 9.17) is 4.52 Å². The van der Waals surface area contributed by atoms with Crippen LogP contribution in [0.3, 0.4) is 0 Å². The van der Waals surface area contributed by atoms with E-state index in [1.54, 1.807) is 0 Å². The Morgan fingerprint density at radius 2 is 2.08 bits per heavy atom. The van der Waals surface area contributed by atoms with Gasteiger partial charge in [0.05, 0.1) is 5.69 Å². The summed E-state index contributed by atoms with van der Waals surface area (Å²) in [6.07, 6.45) is 8.30. The van der Waals surface area contributed by atoms with E-state index in [0.29, 0.717) is 12.3 Å². The van der Waals surface area contributed by atoms with Crippen molar-refractivity contribution in [2.24, 2.45) is 5.92 Å². The number of hydrogen-bond donors (Lipinski definition) is 0. The van der Waals surface area contributed by atoms with Crippen molar-refractivity contribution in [3.8, 4) is 0 Å². The molecule has 3 heterocycles. The van der Waals surface area contributed by atoms with Gasteiger partial charge < -0.3 is 14.0 Å². The molecule has 6 nitrogen and oxygen atoms in total. The average molecular weight is 344 g/mol. The molecule has 1 amide bonds. The first-order valence-corrected chi connectivity index (χ1v) is 9.28. The normalized spacial score (nSPS) is 15.7. The molecule has 0 N–H and O–H groups in total. The molecule has 1 saturated heterocycles. The van der Waals surface area contributed by atoms with Gasteiger partial charge in [-0.25, -0.2) is 4.98 Å². The number of amides is 1. The van der Waals surface area contributed by atoms with Crippen molar-refractivity contribution < 1.29 is 9.32 Å². The van der Waals surface area contributed by atoms with Gasteiger partial charge in [0, 0.05) is 50.4 Å². The van der Waals surface area contributed by atoms with Gasteiger partial charge in [-0.05, 0) is 39.0 Å². The highest BCUT2D eigenvalue weighted by Crippen LogP contribution is 2.21. The monoisotopic (exact) mass is 344 g/mol. The third-order valence-electron chi connectivity index (χ3n) is 5.31. The molecule has 25 heavy (non-hydrogen) atoms. The fourth-order valence-electron chi connectivity index (χ4n) is 3.71.